The molecule has 0 aromatic heterocycles. The van der Waals surface area contributed by atoms with Gasteiger partial charge in [-0.15, -0.1) is 0 Å². The molecule has 0 radical (unpaired) electrons. The van der Waals surface area contributed by atoms with Crippen LogP contribution in [0.5, 0.6) is 5.75 Å². The molecule has 2 amide bonds. The molecular weight excluding hydrogens is 318 g/mol. The SMILES string of the molecule is CCC(CC)(CN)C(=O)N1CCN(C(=O)c2ccc(OC)cc2)CC1. The molecule has 0 saturated carbocycles. The minimum Gasteiger partial charge on any atom is -0.497 e. The number of carbonyl (C=O) groups excluding carboxylic acids is 2. The molecule has 1 aliphatic rings. The molecule has 0 atom stereocenters. The Kier molecular flexibility index (Phi) is 6.42. The first-order valence-corrected chi connectivity index (χ1v) is 8.94. The lowest BCUT2D eigenvalue weighted by Crippen LogP contribution is -2.55. The number of carbonyl (C=O) groups is 2. The monoisotopic (exact) mass is 347 g/mol. The van der Waals surface area contributed by atoms with Gasteiger partial charge in [0.1, 0.15) is 5.75 Å². The van der Waals surface area contributed by atoms with Gasteiger partial charge in [0.15, 0.2) is 0 Å². The molecule has 138 valence electrons. The lowest BCUT2D eigenvalue weighted by atomic mass is 9.81. The number of ether oxygens (including phenoxy) is 1. The highest BCUT2D eigenvalue weighted by atomic mass is 16.5. The molecule has 1 heterocycles. The summed E-state index contributed by atoms with van der Waals surface area (Å²) in [6.45, 7) is 6.60. The number of piperazine rings is 1. The minimum atomic E-state index is -0.470. The van der Waals surface area contributed by atoms with Crippen LogP contribution in [0.15, 0.2) is 24.3 Å². The number of nitrogens with two attached hydrogens (primary N) is 1. The average molecular weight is 347 g/mol. The van der Waals surface area contributed by atoms with Gasteiger partial charge < -0.3 is 20.3 Å². The molecular formula is C19H29N3O3. The van der Waals surface area contributed by atoms with Gasteiger partial charge in [0, 0.05) is 38.3 Å². The smallest absolute Gasteiger partial charge is 0.253 e. The van der Waals surface area contributed by atoms with Gasteiger partial charge in [-0.1, -0.05) is 13.8 Å². The van der Waals surface area contributed by atoms with Crippen LogP contribution in [0.1, 0.15) is 37.0 Å². The number of benzene rings is 1. The molecule has 0 aliphatic carbocycles. The first-order valence-electron chi connectivity index (χ1n) is 8.94. The van der Waals surface area contributed by atoms with Crippen molar-refractivity contribution in [3.05, 3.63) is 29.8 Å². The van der Waals surface area contributed by atoms with E-state index < -0.39 is 5.41 Å². The molecule has 0 bridgehead atoms. The summed E-state index contributed by atoms with van der Waals surface area (Å²) in [5.74, 6) is 0.839. The molecule has 0 unspecified atom stereocenters. The van der Waals surface area contributed by atoms with E-state index in [0.717, 1.165) is 18.6 Å². The third-order valence-electron chi connectivity index (χ3n) is 5.39. The predicted molar refractivity (Wildman–Crippen MR) is 97.5 cm³/mol. The van der Waals surface area contributed by atoms with Crippen molar-refractivity contribution in [1.29, 1.82) is 0 Å². The van der Waals surface area contributed by atoms with Gasteiger partial charge in [-0.2, -0.15) is 0 Å². The standard InChI is InChI=1S/C19H29N3O3/c1-4-19(5-2,14-20)18(24)22-12-10-21(11-13-22)17(23)15-6-8-16(25-3)9-7-15/h6-9H,4-5,10-14,20H2,1-3H3. The Morgan fingerprint density at radius 2 is 1.56 bits per heavy atom. The average Bonchev–Trinajstić information content (AvgIpc) is 2.69. The molecule has 1 aliphatic heterocycles. The van der Waals surface area contributed by atoms with Gasteiger partial charge in [0.05, 0.1) is 12.5 Å². The van der Waals surface area contributed by atoms with Gasteiger partial charge in [0.2, 0.25) is 5.91 Å². The zero-order valence-electron chi connectivity index (χ0n) is 15.5. The van der Waals surface area contributed by atoms with Crippen molar-refractivity contribution in [1.82, 2.24) is 9.80 Å². The van der Waals surface area contributed by atoms with Crippen molar-refractivity contribution in [2.75, 3.05) is 39.8 Å². The largest absolute Gasteiger partial charge is 0.497 e. The van der Waals surface area contributed by atoms with E-state index >= 15 is 0 Å². The van der Waals surface area contributed by atoms with Gasteiger partial charge in [-0.05, 0) is 37.1 Å². The summed E-state index contributed by atoms with van der Waals surface area (Å²) in [4.78, 5) is 29.1. The van der Waals surface area contributed by atoms with E-state index in [4.69, 9.17) is 10.5 Å². The van der Waals surface area contributed by atoms with E-state index in [-0.39, 0.29) is 11.8 Å². The topological polar surface area (TPSA) is 75.9 Å². The Hall–Kier alpha value is -2.08. The summed E-state index contributed by atoms with van der Waals surface area (Å²) in [6.07, 6.45) is 1.48. The van der Waals surface area contributed by atoms with E-state index in [1.54, 1.807) is 36.3 Å². The maximum absolute atomic E-state index is 12.9. The zero-order valence-corrected chi connectivity index (χ0v) is 15.5. The molecule has 1 aromatic carbocycles. The number of hydrogen-bond donors (Lipinski definition) is 1. The quantitative estimate of drug-likeness (QED) is 0.850. The summed E-state index contributed by atoms with van der Waals surface area (Å²) in [6, 6.07) is 7.11. The summed E-state index contributed by atoms with van der Waals surface area (Å²) < 4.78 is 5.12. The van der Waals surface area contributed by atoms with Crippen LogP contribution in [0.25, 0.3) is 0 Å². The molecule has 6 nitrogen and oxygen atoms in total. The third-order valence-corrected chi connectivity index (χ3v) is 5.39. The van der Waals surface area contributed by atoms with Crippen LogP contribution >= 0.6 is 0 Å². The Morgan fingerprint density at radius 1 is 1.04 bits per heavy atom. The number of rotatable bonds is 6. The Bertz CT molecular complexity index is 580. The van der Waals surface area contributed by atoms with Crippen LogP contribution in [-0.2, 0) is 4.79 Å². The van der Waals surface area contributed by atoms with E-state index in [9.17, 15) is 9.59 Å². The lowest BCUT2D eigenvalue weighted by Gasteiger charge is -2.40. The van der Waals surface area contributed by atoms with Gasteiger partial charge in [0.25, 0.3) is 5.91 Å². The lowest BCUT2D eigenvalue weighted by molar-refractivity contribution is -0.143. The molecule has 1 aromatic rings. The van der Waals surface area contributed by atoms with E-state index in [0.29, 0.717) is 38.3 Å². The molecule has 2 N–H and O–H groups in total. The van der Waals surface area contributed by atoms with Crippen LogP contribution < -0.4 is 10.5 Å². The van der Waals surface area contributed by atoms with Gasteiger partial charge in [-0.3, -0.25) is 9.59 Å². The van der Waals surface area contributed by atoms with Gasteiger partial charge >= 0.3 is 0 Å². The highest BCUT2D eigenvalue weighted by Gasteiger charge is 2.38. The fourth-order valence-corrected chi connectivity index (χ4v) is 3.29. The van der Waals surface area contributed by atoms with Crippen LogP contribution in [0.2, 0.25) is 0 Å². The highest BCUT2D eigenvalue weighted by molar-refractivity contribution is 5.94. The second-order valence-electron chi connectivity index (χ2n) is 6.50. The number of amides is 2. The van der Waals surface area contributed by atoms with Crippen LogP contribution in [-0.4, -0.2) is 61.4 Å². The second kappa shape index (κ2) is 8.34. The van der Waals surface area contributed by atoms with Crippen LogP contribution in [0, 0.1) is 5.41 Å². The van der Waals surface area contributed by atoms with Gasteiger partial charge in [-0.25, -0.2) is 0 Å². The normalized spacial score (nSPS) is 15.2. The molecule has 25 heavy (non-hydrogen) atoms. The molecule has 1 fully saturated rings. The Labute approximate surface area is 149 Å². The highest BCUT2D eigenvalue weighted by Crippen LogP contribution is 2.28. The van der Waals surface area contributed by atoms with Crippen molar-refractivity contribution in [3.8, 4) is 5.75 Å². The number of methoxy groups -OCH3 is 1. The molecule has 0 spiro atoms. The van der Waals surface area contributed by atoms with Crippen molar-refractivity contribution in [2.45, 2.75) is 26.7 Å². The fraction of sp³-hybridized carbons (Fsp3) is 0.579. The van der Waals surface area contributed by atoms with E-state index in [1.165, 1.54) is 0 Å². The third kappa shape index (κ3) is 3.95. The fourth-order valence-electron chi connectivity index (χ4n) is 3.29. The Balaban J connectivity index is 1.98. The zero-order chi connectivity index (χ0) is 18.4. The van der Waals surface area contributed by atoms with Crippen molar-refractivity contribution in [2.24, 2.45) is 11.1 Å². The van der Waals surface area contributed by atoms with Crippen LogP contribution in [0.4, 0.5) is 0 Å². The molecule has 2 rings (SSSR count). The first-order chi connectivity index (χ1) is 12.0. The minimum absolute atomic E-state index is 0.00850. The second-order valence-corrected chi connectivity index (χ2v) is 6.50. The summed E-state index contributed by atoms with van der Waals surface area (Å²) >= 11 is 0. The first kappa shape index (κ1) is 19.2. The molecule has 6 heteroatoms. The molecule has 1 saturated heterocycles. The van der Waals surface area contributed by atoms with Crippen molar-refractivity contribution in [3.63, 3.8) is 0 Å². The predicted octanol–water partition coefficient (Wildman–Crippen LogP) is 1.74. The van der Waals surface area contributed by atoms with E-state index in [1.807, 2.05) is 18.7 Å². The summed E-state index contributed by atoms with van der Waals surface area (Å²) in [5.41, 5.74) is 6.06. The van der Waals surface area contributed by atoms with Crippen molar-refractivity contribution >= 4 is 11.8 Å². The summed E-state index contributed by atoms with van der Waals surface area (Å²) in [5, 5.41) is 0. The maximum Gasteiger partial charge on any atom is 0.253 e. The number of hydrogen-bond acceptors (Lipinski definition) is 4. The number of nitrogens with zero attached hydrogens (tertiary/aromatic N) is 2. The summed E-state index contributed by atoms with van der Waals surface area (Å²) in [7, 11) is 1.60. The Morgan fingerprint density at radius 3 is 2.00 bits per heavy atom. The van der Waals surface area contributed by atoms with Crippen LogP contribution in [0.3, 0.4) is 0 Å². The van der Waals surface area contributed by atoms with E-state index in [2.05, 4.69) is 0 Å². The maximum atomic E-state index is 12.9. The van der Waals surface area contributed by atoms with Crippen molar-refractivity contribution < 1.29 is 14.3 Å².